The molecule has 11 heteroatoms. The number of rotatable bonds is 6. The summed E-state index contributed by atoms with van der Waals surface area (Å²) < 4.78 is 85.2. The van der Waals surface area contributed by atoms with Crippen molar-refractivity contribution in [1.82, 2.24) is 9.97 Å². The fourth-order valence-electron chi connectivity index (χ4n) is 3.50. The van der Waals surface area contributed by atoms with Crippen LogP contribution in [0, 0.1) is 18.3 Å². The molecule has 0 bridgehead atoms. The Bertz CT molecular complexity index is 1220. The molecule has 34 heavy (non-hydrogen) atoms. The zero-order valence-electron chi connectivity index (χ0n) is 17.7. The zero-order valence-corrected chi connectivity index (χ0v) is 18.5. The number of hydrogen-bond donors (Lipinski definition) is 0. The van der Waals surface area contributed by atoms with Crippen molar-refractivity contribution in [2.45, 2.75) is 50.7 Å². The van der Waals surface area contributed by atoms with Gasteiger partial charge in [0.15, 0.2) is 6.10 Å². The van der Waals surface area contributed by atoms with E-state index in [-0.39, 0.29) is 33.7 Å². The number of hydrogen-bond acceptors (Lipinski definition) is 5. The Morgan fingerprint density at radius 3 is 2.44 bits per heavy atom. The second kappa shape index (κ2) is 9.00. The summed E-state index contributed by atoms with van der Waals surface area (Å²) in [6.07, 6.45) is -8.81. The van der Waals surface area contributed by atoms with Crippen molar-refractivity contribution in [2.75, 3.05) is 0 Å². The summed E-state index contributed by atoms with van der Waals surface area (Å²) in [6, 6.07) is 8.84. The third-order valence-corrected chi connectivity index (χ3v) is 6.59. The fourth-order valence-corrected chi connectivity index (χ4v) is 4.63. The van der Waals surface area contributed by atoms with Crippen LogP contribution in [-0.4, -0.2) is 16.1 Å². The highest BCUT2D eigenvalue weighted by molar-refractivity contribution is 7.15. The number of thiazole rings is 1. The average molecular weight is 497 g/mol. The van der Waals surface area contributed by atoms with E-state index in [2.05, 4.69) is 16.0 Å². The van der Waals surface area contributed by atoms with Gasteiger partial charge in [0.2, 0.25) is 0 Å². The van der Waals surface area contributed by atoms with Crippen LogP contribution in [0.25, 0.3) is 10.6 Å². The lowest BCUT2D eigenvalue weighted by atomic mass is 10.0. The molecule has 0 radical (unpaired) electrons. The number of nitriles is 1. The Labute approximate surface area is 194 Å². The first-order valence-electron chi connectivity index (χ1n) is 10.2. The summed E-state index contributed by atoms with van der Waals surface area (Å²) in [5.41, 5.74) is 0.985. The summed E-state index contributed by atoms with van der Waals surface area (Å²) in [6.45, 7) is 1.06. The van der Waals surface area contributed by atoms with Gasteiger partial charge in [-0.2, -0.15) is 31.6 Å². The molecule has 2 aromatic heterocycles. The van der Waals surface area contributed by atoms with Crippen LogP contribution >= 0.6 is 11.3 Å². The van der Waals surface area contributed by atoms with Crippen molar-refractivity contribution in [3.8, 4) is 16.6 Å². The SMILES string of the molecule is Cc1nc(-c2ccc(C(F)(F)F)nc2)sc1C(OCc1ccc(C#N)c(C2CC2)c1)C(F)(F)F. The van der Waals surface area contributed by atoms with E-state index in [4.69, 9.17) is 4.74 Å². The minimum Gasteiger partial charge on any atom is -0.358 e. The number of benzene rings is 1. The lowest BCUT2D eigenvalue weighted by molar-refractivity contribution is -0.226. The first-order valence-corrected chi connectivity index (χ1v) is 11.0. The summed E-state index contributed by atoms with van der Waals surface area (Å²) in [5, 5.41) is 9.36. The third kappa shape index (κ3) is 5.23. The Balaban J connectivity index is 1.57. The lowest BCUT2D eigenvalue weighted by Crippen LogP contribution is -2.23. The quantitative estimate of drug-likeness (QED) is 0.341. The number of aromatic nitrogens is 2. The summed E-state index contributed by atoms with van der Waals surface area (Å²) in [5.74, 6) is 0.247. The maximum absolute atomic E-state index is 13.9. The molecule has 178 valence electrons. The molecule has 0 aliphatic heterocycles. The Hall–Kier alpha value is -2.97. The van der Waals surface area contributed by atoms with E-state index in [1.165, 1.54) is 6.92 Å². The number of halogens is 6. The highest BCUT2D eigenvalue weighted by Gasteiger charge is 2.44. The molecule has 3 aromatic rings. The van der Waals surface area contributed by atoms with E-state index in [0.29, 0.717) is 22.5 Å². The third-order valence-electron chi connectivity index (χ3n) is 5.34. The molecule has 4 rings (SSSR count). The molecule has 1 atom stereocenters. The van der Waals surface area contributed by atoms with Crippen LogP contribution in [0.4, 0.5) is 26.3 Å². The topological polar surface area (TPSA) is 58.8 Å². The van der Waals surface area contributed by atoms with E-state index < -0.39 is 24.2 Å². The maximum Gasteiger partial charge on any atom is 0.433 e. The van der Waals surface area contributed by atoms with Gasteiger partial charge in [0.05, 0.1) is 28.8 Å². The molecule has 1 fully saturated rings. The number of alkyl halides is 6. The largest absolute Gasteiger partial charge is 0.433 e. The highest BCUT2D eigenvalue weighted by atomic mass is 32.1. The van der Waals surface area contributed by atoms with Crippen LogP contribution in [-0.2, 0) is 17.5 Å². The van der Waals surface area contributed by atoms with Crippen molar-refractivity contribution < 1.29 is 31.1 Å². The summed E-state index contributed by atoms with van der Waals surface area (Å²) in [4.78, 5) is 7.27. The normalized spacial score (nSPS) is 15.2. The van der Waals surface area contributed by atoms with Crippen LogP contribution in [0.15, 0.2) is 36.5 Å². The lowest BCUT2D eigenvalue weighted by Gasteiger charge is -2.20. The first kappa shape index (κ1) is 24.2. The van der Waals surface area contributed by atoms with Gasteiger partial charge in [-0.05, 0) is 55.0 Å². The molecule has 0 N–H and O–H groups in total. The molecule has 0 amide bonds. The van der Waals surface area contributed by atoms with Gasteiger partial charge in [-0.3, -0.25) is 4.98 Å². The number of nitrogens with zero attached hydrogens (tertiary/aromatic N) is 3. The highest BCUT2D eigenvalue weighted by Crippen LogP contribution is 2.44. The van der Waals surface area contributed by atoms with E-state index in [0.717, 1.165) is 36.7 Å². The van der Waals surface area contributed by atoms with Gasteiger partial charge in [-0.15, -0.1) is 11.3 Å². The number of pyridine rings is 1. The molecule has 1 aromatic carbocycles. The van der Waals surface area contributed by atoms with Crippen molar-refractivity contribution in [2.24, 2.45) is 0 Å². The molecule has 0 saturated heterocycles. The van der Waals surface area contributed by atoms with Crippen molar-refractivity contribution in [3.05, 3.63) is 69.5 Å². The fraction of sp³-hybridized carbons (Fsp3) is 0.348. The van der Waals surface area contributed by atoms with Crippen LogP contribution < -0.4 is 0 Å². The van der Waals surface area contributed by atoms with Gasteiger partial charge in [-0.1, -0.05) is 12.1 Å². The minimum atomic E-state index is -4.74. The summed E-state index contributed by atoms with van der Waals surface area (Å²) in [7, 11) is 0. The van der Waals surface area contributed by atoms with Crippen molar-refractivity contribution >= 4 is 11.3 Å². The molecule has 0 spiro atoms. The van der Waals surface area contributed by atoms with Gasteiger partial charge in [0.25, 0.3) is 0 Å². The standard InChI is InChI=1S/C23H17F6N3OS/c1-12-19(34-21(32-12)16-6-7-18(31-10-16)22(24,25)26)20(23(27,28)29)33-11-13-2-3-15(9-30)17(8-13)14-4-5-14/h2-3,6-8,10,14,20H,4-5,11H2,1H3. The Morgan fingerprint density at radius 2 is 1.88 bits per heavy atom. The van der Waals surface area contributed by atoms with Gasteiger partial charge in [-0.25, -0.2) is 4.98 Å². The number of aryl methyl sites for hydroxylation is 1. The molecular weight excluding hydrogens is 480 g/mol. The van der Waals surface area contributed by atoms with Gasteiger partial charge in [0.1, 0.15) is 10.7 Å². The van der Waals surface area contributed by atoms with Crippen LogP contribution in [0.5, 0.6) is 0 Å². The predicted molar refractivity (Wildman–Crippen MR) is 112 cm³/mol. The van der Waals surface area contributed by atoms with Crippen LogP contribution in [0.2, 0.25) is 0 Å². The molecule has 1 aliphatic carbocycles. The second-order valence-electron chi connectivity index (χ2n) is 7.94. The zero-order chi connectivity index (χ0) is 24.7. The second-order valence-corrected chi connectivity index (χ2v) is 8.97. The molecule has 1 saturated carbocycles. The smallest absolute Gasteiger partial charge is 0.358 e. The molecular formula is C23H17F6N3OS. The molecule has 1 unspecified atom stereocenters. The van der Waals surface area contributed by atoms with E-state index >= 15 is 0 Å². The van der Waals surface area contributed by atoms with E-state index in [1.807, 2.05) is 0 Å². The first-order chi connectivity index (χ1) is 16.0. The Kier molecular flexibility index (Phi) is 6.40. The summed E-state index contributed by atoms with van der Waals surface area (Å²) >= 11 is 0.700. The maximum atomic E-state index is 13.9. The molecule has 2 heterocycles. The predicted octanol–water partition coefficient (Wildman–Crippen LogP) is 7.10. The van der Waals surface area contributed by atoms with Crippen molar-refractivity contribution in [3.63, 3.8) is 0 Å². The van der Waals surface area contributed by atoms with E-state index in [1.54, 1.807) is 18.2 Å². The monoisotopic (exact) mass is 497 g/mol. The van der Waals surface area contributed by atoms with Gasteiger partial charge in [0, 0.05) is 11.8 Å². The van der Waals surface area contributed by atoms with Gasteiger partial charge >= 0.3 is 12.4 Å². The van der Waals surface area contributed by atoms with E-state index in [9.17, 15) is 31.6 Å². The van der Waals surface area contributed by atoms with Crippen LogP contribution in [0.1, 0.15) is 57.8 Å². The van der Waals surface area contributed by atoms with Crippen LogP contribution in [0.3, 0.4) is 0 Å². The minimum absolute atomic E-state index is 0.0701. The van der Waals surface area contributed by atoms with Gasteiger partial charge < -0.3 is 4.74 Å². The molecule has 4 nitrogen and oxygen atoms in total. The van der Waals surface area contributed by atoms with Crippen molar-refractivity contribution in [1.29, 1.82) is 5.26 Å². The average Bonchev–Trinajstić information content (AvgIpc) is 3.55. The number of ether oxygens (including phenoxy) is 1. The molecule has 1 aliphatic rings. The Morgan fingerprint density at radius 1 is 1.15 bits per heavy atom.